The maximum Gasteiger partial charge on any atom is 0.124 e. The van der Waals surface area contributed by atoms with E-state index < -0.39 is 0 Å². The average molecular weight is 175 g/mol. The molecule has 2 unspecified atom stereocenters. The number of ether oxygens (including phenoxy) is 1. The van der Waals surface area contributed by atoms with Crippen molar-refractivity contribution < 1.29 is 4.74 Å². The highest BCUT2D eigenvalue weighted by atomic mass is 16.5. The molecule has 2 nitrogen and oxygen atoms in total. The van der Waals surface area contributed by atoms with E-state index in [4.69, 9.17) is 4.74 Å². The van der Waals surface area contributed by atoms with E-state index in [-0.39, 0.29) is 0 Å². The van der Waals surface area contributed by atoms with Crippen molar-refractivity contribution in [1.82, 2.24) is 5.32 Å². The van der Waals surface area contributed by atoms with Gasteiger partial charge in [-0.3, -0.25) is 0 Å². The van der Waals surface area contributed by atoms with Gasteiger partial charge < -0.3 is 10.1 Å². The van der Waals surface area contributed by atoms with Gasteiger partial charge in [-0.2, -0.15) is 0 Å². The number of nitrogens with one attached hydrogen (secondary N) is 1. The van der Waals surface area contributed by atoms with Gasteiger partial charge in [-0.25, -0.2) is 0 Å². The van der Waals surface area contributed by atoms with Crippen molar-refractivity contribution in [2.75, 3.05) is 6.54 Å². The van der Waals surface area contributed by atoms with E-state index >= 15 is 0 Å². The van der Waals surface area contributed by atoms with Gasteiger partial charge in [0.2, 0.25) is 0 Å². The Morgan fingerprint density at radius 3 is 3.23 bits per heavy atom. The molecule has 1 aromatic rings. The Labute approximate surface area is 77.9 Å². The van der Waals surface area contributed by atoms with Crippen molar-refractivity contribution in [2.45, 2.75) is 25.0 Å². The van der Waals surface area contributed by atoms with Crippen molar-refractivity contribution in [1.29, 1.82) is 0 Å². The zero-order valence-electron chi connectivity index (χ0n) is 7.49. The van der Waals surface area contributed by atoms with E-state index in [1.807, 2.05) is 6.07 Å². The maximum atomic E-state index is 5.85. The molecule has 0 saturated carbocycles. The molecule has 1 saturated heterocycles. The SMILES string of the molecule is c1ccc2c(c1)OC1CCCNC21. The summed E-state index contributed by atoms with van der Waals surface area (Å²) in [5.41, 5.74) is 1.34. The first kappa shape index (κ1) is 7.39. The minimum absolute atomic E-state index is 0.381. The van der Waals surface area contributed by atoms with Crippen molar-refractivity contribution in [2.24, 2.45) is 0 Å². The molecule has 0 aliphatic carbocycles. The first-order valence-electron chi connectivity index (χ1n) is 4.94. The molecule has 1 N–H and O–H groups in total. The number of hydrogen-bond donors (Lipinski definition) is 1. The summed E-state index contributed by atoms with van der Waals surface area (Å²) < 4.78 is 5.85. The summed E-state index contributed by atoms with van der Waals surface area (Å²) in [6.07, 6.45) is 2.80. The Kier molecular flexibility index (Phi) is 1.56. The monoisotopic (exact) mass is 175 g/mol. The van der Waals surface area contributed by atoms with Crippen LogP contribution >= 0.6 is 0 Å². The average Bonchev–Trinajstić information content (AvgIpc) is 2.56. The van der Waals surface area contributed by atoms with E-state index in [1.54, 1.807) is 0 Å². The van der Waals surface area contributed by atoms with Crippen LogP contribution < -0.4 is 10.1 Å². The van der Waals surface area contributed by atoms with Gasteiger partial charge >= 0.3 is 0 Å². The van der Waals surface area contributed by atoms with Crippen LogP contribution in [-0.4, -0.2) is 12.6 Å². The second kappa shape index (κ2) is 2.74. The molecular weight excluding hydrogens is 162 g/mol. The van der Waals surface area contributed by atoms with Crippen molar-refractivity contribution >= 4 is 0 Å². The molecule has 2 heterocycles. The van der Waals surface area contributed by atoms with Crippen molar-refractivity contribution in [3.63, 3.8) is 0 Å². The van der Waals surface area contributed by atoms with Crippen LogP contribution in [0.4, 0.5) is 0 Å². The Morgan fingerprint density at radius 1 is 1.31 bits per heavy atom. The highest BCUT2D eigenvalue weighted by Crippen LogP contribution is 2.39. The van der Waals surface area contributed by atoms with Crippen LogP contribution in [0.1, 0.15) is 24.4 Å². The van der Waals surface area contributed by atoms with Crippen molar-refractivity contribution in [3.05, 3.63) is 29.8 Å². The molecule has 2 atom stereocenters. The largest absolute Gasteiger partial charge is 0.488 e. The Morgan fingerprint density at radius 2 is 2.23 bits per heavy atom. The van der Waals surface area contributed by atoms with Gasteiger partial charge in [0.15, 0.2) is 0 Å². The molecular formula is C11H13NO. The Bertz CT molecular complexity index is 324. The Hall–Kier alpha value is -1.02. The van der Waals surface area contributed by atoms with Gasteiger partial charge in [-0.1, -0.05) is 18.2 Å². The predicted molar refractivity (Wildman–Crippen MR) is 50.8 cm³/mol. The van der Waals surface area contributed by atoms with Gasteiger partial charge in [-0.15, -0.1) is 0 Å². The molecule has 0 spiro atoms. The van der Waals surface area contributed by atoms with E-state index in [2.05, 4.69) is 23.5 Å². The Balaban J connectivity index is 2.01. The fraction of sp³-hybridized carbons (Fsp3) is 0.455. The summed E-state index contributed by atoms with van der Waals surface area (Å²) in [6.45, 7) is 1.12. The molecule has 68 valence electrons. The van der Waals surface area contributed by atoms with E-state index in [9.17, 15) is 0 Å². The number of fused-ring (bicyclic) bond motifs is 3. The van der Waals surface area contributed by atoms with E-state index in [1.165, 1.54) is 18.4 Å². The van der Waals surface area contributed by atoms with Crippen LogP contribution in [-0.2, 0) is 0 Å². The minimum Gasteiger partial charge on any atom is -0.488 e. The van der Waals surface area contributed by atoms with Crippen LogP contribution in [0.25, 0.3) is 0 Å². The summed E-state index contributed by atoms with van der Waals surface area (Å²) in [5.74, 6) is 1.08. The topological polar surface area (TPSA) is 21.3 Å². The molecule has 2 aliphatic rings. The molecule has 0 radical (unpaired) electrons. The van der Waals surface area contributed by atoms with Gasteiger partial charge in [0.05, 0.1) is 6.04 Å². The van der Waals surface area contributed by atoms with Gasteiger partial charge in [0, 0.05) is 5.56 Å². The maximum absolute atomic E-state index is 5.85. The third kappa shape index (κ3) is 1.05. The summed E-state index contributed by atoms with van der Waals surface area (Å²) in [5, 5.41) is 3.51. The van der Waals surface area contributed by atoms with Crippen LogP contribution in [0.2, 0.25) is 0 Å². The minimum atomic E-state index is 0.381. The first-order chi connectivity index (χ1) is 6.45. The molecule has 1 aromatic carbocycles. The van der Waals surface area contributed by atoms with Crippen LogP contribution in [0.15, 0.2) is 24.3 Å². The third-order valence-electron chi connectivity index (χ3n) is 2.93. The lowest BCUT2D eigenvalue weighted by molar-refractivity contribution is 0.154. The predicted octanol–water partition coefficient (Wildman–Crippen LogP) is 1.87. The summed E-state index contributed by atoms with van der Waals surface area (Å²) in [4.78, 5) is 0. The molecule has 2 heteroatoms. The fourth-order valence-corrected chi connectivity index (χ4v) is 2.30. The summed E-state index contributed by atoms with van der Waals surface area (Å²) >= 11 is 0. The summed E-state index contributed by atoms with van der Waals surface area (Å²) in [7, 11) is 0. The molecule has 13 heavy (non-hydrogen) atoms. The van der Waals surface area contributed by atoms with E-state index in [0.717, 1.165) is 12.3 Å². The van der Waals surface area contributed by atoms with Crippen LogP contribution in [0.5, 0.6) is 5.75 Å². The number of hydrogen-bond acceptors (Lipinski definition) is 2. The van der Waals surface area contributed by atoms with Crippen molar-refractivity contribution in [3.8, 4) is 5.75 Å². The number of para-hydroxylation sites is 1. The normalized spacial score (nSPS) is 30.5. The molecule has 3 rings (SSSR count). The molecule has 0 aromatic heterocycles. The fourth-order valence-electron chi connectivity index (χ4n) is 2.30. The lowest BCUT2D eigenvalue weighted by atomic mass is 9.97. The molecule has 1 fully saturated rings. The third-order valence-corrected chi connectivity index (χ3v) is 2.93. The zero-order valence-corrected chi connectivity index (χ0v) is 7.49. The molecule has 0 amide bonds. The standard InChI is InChI=1S/C11H13NO/c1-2-5-9-8(4-1)11-10(13-9)6-3-7-12-11/h1-2,4-5,10-12H,3,6-7H2. The highest BCUT2D eigenvalue weighted by Gasteiger charge is 2.35. The number of benzene rings is 1. The quantitative estimate of drug-likeness (QED) is 0.650. The molecule has 2 aliphatic heterocycles. The lowest BCUT2D eigenvalue weighted by Crippen LogP contribution is -2.36. The zero-order chi connectivity index (χ0) is 8.67. The highest BCUT2D eigenvalue weighted by molar-refractivity contribution is 5.40. The number of rotatable bonds is 0. The number of piperidine rings is 1. The second-order valence-corrected chi connectivity index (χ2v) is 3.77. The first-order valence-corrected chi connectivity index (χ1v) is 4.94. The second-order valence-electron chi connectivity index (χ2n) is 3.77. The molecule has 0 bridgehead atoms. The van der Waals surface area contributed by atoms with Crippen LogP contribution in [0.3, 0.4) is 0 Å². The lowest BCUT2D eigenvalue weighted by Gasteiger charge is -2.25. The van der Waals surface area contributed by atoms with Gasteiger partial charge in [-0.05, 0) is 25.5 Å². The summed E-state index contributed by atoms with van der Waals surface area (Å²) in [6, 6.07) is 8.80. The van der Waals surface area contributed by atoms with Crippen LogP contribution in [0, 0.1) is 0 Å². The van der Waals surface area contributed by atoms with Gasteiger partial charge in [0.1, 0.15) is 11.9 Å². The van der Waals surface area contributed by atoms with E-state index in [0.29, 0.717) is 12.1 Å². The smallest absolute Gasteiger partial charge is 0.124 e. The van der Waals surface area contributed by atoms with Gasteiger partial charge in [0.25, 0.3) is 0 Å².